The Morgan fingerprint density at radius 2 is 1.29 bits per heavy atom. The van der Waals surface area contributed by atoms with Gasteiger partial charge >= 0.3 is 20.1 Å². The maximum atomic E-state index is 2.30. The van der Waals surface area contributed by atoms with Gasteiger partial charge in [-0.2, -0.15) is 0 Å². The molecule has 2 rings (SSSR count). The topological polar surface area (TPSA) is 0 Å². The van der Waals surface area contributed by atoms with Gasteiger partial charge in [0.05, 0.1) is 0 Å². The van der Waals surface area contributed by atoms with Gasteiger partial charge in [0.1, 0.15) is 0 Å². The van der Waals surface area contributed by atoms with Crippen molar-refractivity contribution in [3.05, 3.63) is 46.6 Å². The van der Waals surface area contributed by atoms with Crippen molar-refractivity contribution in [3.8, 4) is 0 Å². The molecular formula is C16H31Ir. The summed E-state index contributed by atoms with van der Waals surface area (Å²) in [6.07, 6.45) is 18.4. The summed E-state index contributed by atoms with van der Waals surface area (Å²) in [4.78, 5) is 0. The molecule has 0 aromatic rings. The summed E-state index contributed by atoms with van der Waals surface area (Å²) in [6.45, 7) is 2.30. The average Bonchev–Trinajstić information content (AvgIpc) is 2.74. The molecule has 1 saturated carbocycles. The minimum Gasteiger partial charge on any atom is -0.358 e. The van der Waals surface area contributed by atoms with Crippen molar-refractivity contribution < 1.29 is 20.1 Å². The fourth-order valence-corrected chi connectivity index (χ4v) is 1.96. The molecule has 0 bridgehead atoms. The first-order valence-corrected chi connectivity index (χ1v) is 5.75. The van der Waals surface area contributed by atoms with E-state index in [1.54, 1.807) is 0 Å². The zero-order valence-electron chi connectivity index (χ0n) is 12.2. The first-order chi connectivity index (χ1) is 6.43. The van der Waals surface area contributed by atoms with Crippen LogP contribution in [0.25, 0.3) is 0 Å². The third kappa shape index (κ3) is 14.1. The maximum Gasteiger partial charge on any atom is 3.00 e. The summed E-state index contributed by atoms with van der Waals surface area (Å²) in [6, 6.07) is 0. The average molecular weight is 416 g/mol. The summed E-state index contributed by atoms with van der Waals surface area (Å²) < 4.78 is 0. The molecule has 0 nitrogen and oxygen atoms in total. The maximum absolute atomic E-state index is 2.30. The normalized spacial score (nSPS) is 16.3. The molecule has 1 fully saturated rings. The second kappa shape index (κ2) is 18.5. The van der Waals surface area contributed by atoms with Crippen LogP contribution in [0.3, 0.4) is 0 Å². The van der Waals surface area contributed by atoms with Crippen LogP contribution in [0, 0.1) is 28.2 Å². The van der Waals surface area contributed by atoms with E-state index in [1.807, 2.05) is 0 Å². The van der Waals surface area contributed by atoms with Gasteiger partial charge in [0.2, 0.25) is 0 Å². The number of hydrogen-bond donors (Lipinski definition) is 0. The zero-order chi connectivity index (χ0) is 9.36. The standard InChI is InChI=1S/C7H14.C6H8.3CH3.Ir/c1-2-7-5-3-4-6-7;1-2-4-6-5-3-1;;;;/h7H,2-6H2,1H3;1-4H,5-6H2;3*1H3;/q;;3*-1;+3. The number of allylic oxidation sites excluding steroid dienone is 4. The Morgan fingerprint density at radius 3 is 1.47 bits per heavy atom. The molecular weight excluding hydrogens is 384 g/mol. The van der Waals surface area contributed by atoms with Gasteiger partial charge in [-0.15, -0.1) is 0 Å². The Hall–Kier alpha value is 0.129. The van der Waals surface area contributed by atoms with Gasteiger partial charge in [0, 0.05) is 0 Å². The molecule has 0 aromatic heterocycles. The predicted molar refractivity (Wildman–Crippen MR) is 79.0 cm³/mol. The predicted octanol–water partition coefficient (Wildman–Crippen LogP) is 5.83. The van der Waals surface area contributed by atoms with Crippen LogP contribution >= 0.6 is 0 Å². The Morgan fingerprint density at radius 1 is 0.882 bits per heavy atom. The Kier molecular flexibility index (Phi) is 28.1. The van der Waals surface area contributed by atoms with Crippen molar-refractivity contribution in [2.75, 3.05) is 0 Å². The van der Waals surface area contributed by atoms with Gasteiger partial charge in [-0.05, 0) is 18.8 Å². The summed E-state index contributed by atoms with van der Waals surface area (Å²) in [5.74, 6) is 1.10. The molecule has 0 saturated heterocycles. The van der Waals surface area contributed by atoms with Gasteiger partial charge in [-0.25, -0.2) is 0 Å². The molecule has 0 radical (unpaired) electrons. The van der Waals surface area contributed by atoms with Crippen molar-refractivity contribution in [1.29, 1.82) is 0 Å². The van der Waals surface area contributed by atoms with Crippen LogP contribution in [-0.4, -0.2) is 0 Å². The van der Waals surface area contributed by atoms with Crippen molar-refractivity contribution in [1.82, 2.24) is 0 Å². The van der Waals surface area contributed by atoms with Crippen molar-refractivity contribution in [2.24, 2.45) is 5.92 Å². The third-order valence-corrected chi connectivity index (χ3v) is 2.94. The molecule has 0 atom stereocenters. The number of hydrogen-bond acceptors (Lipinski definition) is 0. The minimum absolute atomic E-state index is 0. The monoisotopic (exact) mass is 416 g/mol. The molecule has 2 aliphatic carbocycles. The van der Waals surface area contributed by atoms with E-state index in [0.29, 0.717) is 0 Å². The summed E-state index contributed by atoms with van der Waals surface area (Å²) in [5, 5.41) is 0. The Bertz CT molecular complexity index is 152. The van der Waals surface area contributed by atoms with E-state index < -0.39 is 0 Å². The second-order valence-electron chi connectivity index (χ2n) is 3.99. The first-order valence-electron chi connectivity index (χ1n) is 5.75. The van der Waals surface area contributed by atoms with E-state index in [-0.39, 0.29) is 42.4 Å². The van der Waals surface area contributed by atoms with E-state index in [2.05, 4.69) is 31.2 Å². The smallest absolute Gasteiger partial charge is 0.358 e. The van der Waals surface area contributed by atoms with E-state index >= 15 is 0 Å². The molecule has 17 heavy (non-hydrogen) atoms. The first kappa shape index (κ1) is 25.9. The molecule has 0 amide bonds. The van der Waals surface area contributed by atoms with Crippen LogP contribution in [0.4, 0.5) is 0 Å². The van der Waals surface area contributed by atoms with Crippen LogP contribution in [0.5, 0.6) is 0 Å². The largest absolute Gasteiger partial charge is 3.00 e. The quantitative estimate of drug-likeness (QED) is 0.473. The van der Waals surface area contributed by atoms with Crippen LogP contribution in [-0.2, 0) is 20.1 Å². The summed E-state index contributed by atoms with van der Waals surface area (Å²) >= 11 is 0. The van der Waals surface area contributed by atoms with E-state index in [0.717, 1.165) is 5.92 Å². The molecule has 0 heterocycles. The van der Waals surface area contributed by atoms with Crippen LogP contribution in [0.1, 0.15) is 51.9 Å². The molecule has 2 aliphatic rings. The van der Waals surface area contributed by atoms with E-state index in [9.17, 15) is 0 Å². The third-order valence-electron chi connectivity index (χ3n) is 2.94. The minimum atomic E-state index is 0. The molecule has 0 aromatic carbocycles. The van der Waals surface area contributed by atoms with Crippen LogP contribution in [0.15, 0.2) is 24.3 Å². The van der Waals surface area contributed by atoms with Gasteiger partial charge in [0.25, 0.3) is 0 Å². The van der Waals surface area contributed by atoms with Gasteiger partial charge in [-0.3, -0.25) is 0 Å². The van der Waals surface area contributed by atoms with Crippen LogP contribution in [0.2, 0.25) is 0 Å². The molecule has 0 spiro atoms. The molecule has 104 valence electrons. The summed E-state index contributed by atoms with van der Waals surface area (Å²) in [7, 11) is 0. The molecule has 0 N–H and O–H groups in total. The van der Waals surface area contributed by atoms with Crippen molar-refractivity contribution in [3.63, 3.8) is 0 Å². The fraction of sp³-hybridized carbons (Fsp3) is 0.562. The van der Waals surface area contributed by atoms with Gasteiger partial charge in [-0.1, -0.05) is 63.3 Å². The zero-order valence-corrected chi connectivity index (χ0v) is 14.6. The van der Waals surface area contributed by atoms with E-state index in [4.69, 9.17) is 0 Å². The van der Waals surface area contributed by atoms with Crippen molar-refractivity contribution in [2.45, 2.75) is 51.9 Å². The fourth-order valence-electron chi connectivity index (χ4n) is 1.96. The molecule has 0 unspecified atom stereocenters. The molecule has 1 heteroatoms. The van der Waals surface area contributed by atoms with Gasteiger partial charge in [0.15, 0.2) is 0 Å². The Labute approximate surface area is 124 Å². The van der Waals surface area contributed by atoms with E-state index in [1.165, 1.54) is 44.9 Å². The SMILES string of the molecule is C1=CCCC=C1.CCC1CCCC1.[CH3-].[CH3-].[CH3-].[Ir+3]. The Balaban J connectivity index is -0.0000000810. The molecule has 0 aliphatic heterocycles. The summed E-state index contributed by atoms with van der Waals surface area (Å²) in [5.41, 5.74) is 0. The number of rotatable bonds is 1. The second-order valence-corrected chi connectivity index (χ2v) is 3.99. The van der Waals surface area contributed by atoms with Crippen LogP contribution < -0.4 is 0 Å². The van der Waals surface area contributed by atoms with Gasteiger partial charge < -0.3 is 22.3 Å². The van der Waals surface area contributed by atoms with Crippen molar-refractivity contribution >= 4 is 0 Å².